The largest absolute Gasteiger partial charge is 0.341 e. The molecule has 0 fully saturated rings. The molecule has 0 saturated heterocycles. The molecule has 0 spiro atoms. The van der Waals surface area contributed by atoms with Gasteiger partial charge in [-0.25, -0.2) is 0 Å². The Morgan fingerprint density at radius 1 is 0.962 bits per heavy atom. The van der Waals surface area contributed by atoms with Gasteiger partial charge < -0.3 is 9.47 Å². The summed E-state index contributed by atoms with van der Waals surface area (Å²) >= 11 is 0. The van der Waals surface area contributed by atoms with Gasteiger partial charge in [-0.2, -0.15) is 0 Å². The standard InChI is InChI=1S/C22H26N2O2/c1-15(2)13-16(3)23(4)21(25)14-24-19-11-7-5-9-17(19)22(26)18-10-6-8-12-20(18)24/h5-12,15-16H,13-14H2,1-4H3. The Kier molecular flexibility index (Phi) is 5.12. The monoisotopic (exact) mass is 350 g/mol. The second-order valence-corrected chi connectivity index (χ2v) is 7.43. The number of hydrogen-bond acceptors (Lipinski definition) is 2. The Morgan fingerprint density at radius 2 is 1.46 bits per heavy atom. The van der Waals surface area contributed by atoms with E-state index in [0.717, 1.165) is 17.5 Å². The number of carbonyl (C=O) groups excluding carboxylic acids is 1. The molecule has 0 aliphatic heterocycles. The third-order valence-corrected chi connectivity index (χ3v) is 5.04. The molecule has 4 nitrogen and oxygen atoms in total. The quantitative estimate of drug-likeness (QED) is 0.652. The summed E-state index contributed by atoms with van der Waals surface area (Å²) in [6.45, 7) is 6.63. The Labute approximate surface area is 154 Å². The van der Waals surface area contributed by atoms with Gasteiger partial charge in [0.05, 0.1) is 11.0 Å². The molecule has 0 aliphatic rings. The molecule has 0 bridgehead atoms. The van der Waals surface area contributed by atoms with E-state index in [1.54, 1.807) is 0 Å². The van der Waals surface area contributed by atoms with E-state index in [1.807, 2.05) is 65.0 Å². The lowest BCUT2D eigenvalue weighted by atomic mass is 10.0. The van der Waals surface area contributed by atoms with Crippen LogP contribution in [0.25, 0.3) is 21.8 Å². The zero-order valence-corrected chi connectivity index (χ0v) is 15.9. The maximum Gasteiger partial charge on any atom is 0.242 e. The van der Waals surface area contributed by atoms with Gasteiger partial charge in [-0.15, -0.1) is 0 Å². The Morgan fingerprint density at radius 3 is 1.96 bits per heavy atom. The first-order valence-electron chi connectivity index (χ1n) is 9.16. The molecule has 1 atom stereocenters. The molecule has 2 aromatic carbocycles. The predicted molar refractivity (Wildman–Crippen MR) is 107 cm³/mol. The average Bonchev–Trinajstić information content (AvgIpc) is 2.63. The van der Waals surface area contributed by atoms with Crippen LogP contribution in [0.5, 0.6) is 0 Å². The van der Waals surface area contributed by atoms with E-state index in [4.69, 9.17) is 0 Å². The molecule has 4 heteroatoms. The average molecular weight is 350 g/mol. The van der Waals surface area contributed by atoms with Gasteiger partial charge in [0.1, 0.15) is 6.54 Å². The van der Waals surface area contributed by atoms with Crippen molar-refractivity contribution in [2.45, 2.75) is 39.8 Å². The van der Waals surface area contributed by atoms with Crippen molar-refractivity contribution in [2.24, 2.45) is 5.92 Å². The van der Waals surface area contributed by atoms with Crippen molar-refractivity contribution in [1.29, 1.82) is 0 Å². The number of para-hydroxylation sites is 2. The molecule has 136 valence electrons. The topological polar surface area (TPSA) is 42.3 Å². The summed E-state index contributed by atoms with van der Waals surface area (Å²) in [5.74, 6) is 0.589. The van der Waals surface area contributed by atoms with Crippen LogP contribution in [0.2, 0.25) is 0 Å². The minimum atomic E-state index is 0.0152. The molecule has 0 radical (unpaired) electrons. The molecule has 0 saturated carbocycles. The van der Waals surface area contributed by atoms with Crippen LogP contribution in [0.4, 0.5) is 0 Å². The number of amides is 1. The number of nitrogens with zero attached hydrogens (tertiary/aromatic N) is 2. The second kappa shape index (κ2) is 7.32. The summed E-state index contributed by atoms with van der Waals surface area (Å²) in [5.41, 5.74) is 1.62. The molecule has 3 rings (SSSR count). The molecule has 3 aromatic rings. The van der Waals surface area contributed by atoms with Gasteiger partial charge in [-0.1, -0.05) is 38.1 Å². The fraction of sp³-hybridized carbons (Fsp3) is 0.364. The van der Waals surface area contributed by atoms with Crippen molar-refractivity contribution in [2.75, 3.05) is 7.05 Å². The molecule has 1 amide bonds. The number of fused-ring (bicyclic) bond motifs is 2. The fourth-order valence-corrected chi connectivity index (χ4v) is 3.58. The van der Waals surface area contributed by atoms with Gasteiger partial charge in [-0.3, -0.25) is 9.59 Å². The van der Waals surface area contributed by atoms with Crippen LogP contribution in [0.3, 0.4) is 0 Å². The number of aromatic nitrogens is 1. The number of pyridine rings is 1. The normalized spacial score (nSPS) is 12.7. The number of likely N-dealkylation sites (N-methyl/N-ethyl adjacent to an activating group) is 1. The van der Waals surface area contributed by atoms with E-state index in [0.29, 0.717) is 16.7 Å². The number of hydrogen-bond donors (Lipinski definition) is 0. The zero-order chi connectivity index (χ0) is 18.8. The fourth-order valence-electron chi connectivity index (χ4n) is 3.58. The van der Waals surface area contributed by atoms with Crippen LogP contribution in [0.1, 0.15) is 27.2 Å². The third kappa shape index (κ3) is 3.36. The van der Waals surface area contributed by atoms with Gasteiger partial charge in [0.15, 0.2) is 5.43 Å². The summed E-state index contributed by atoms with van der Waals surface area (Å²) in [7, 11) is 1.86. The molecule has 1 heterocycles. The van der Waals surface area contributed by atoms with Crippen molar-refractivity contribution >= 4 is 27.7 Å². The summed E-state index contributed by atoms with van der Waals surface area (Å²) < 4.78 is 1.97. The molecular weight excluding hydrogens is 324 g/mol. The summed E-state index contributed by atoms with van der Waals surface area (Å²) in [4.78, 5) is 27.5. The third-order valence-electron chi connectivity index (χ3n) is 5.04. The van der Waals surface area contributed by atoms with Crippen LogP contribution < -0.4 is 5.43 Å². The smallest absolute Gasteiger partial charge is 0.242 e. The summed E-state index contributed by atoms with van der Waals surface area (Å²) in [6, 6.07) is 15.2. The molecule has 0 aliphatic carbocycles. The van der Waals surface area contributed by atoms with Gasteiger partial charge in [0.25, 0.3) is 0 Å². The van der Waals surface area contributed by atoms with Crippen molar-refractivity contribution in [3.8, 4) is 0 Å². The molecule has 1 aromatic heterocycles. The number of benzene rings is 2. The van der Waals surface area contributed by atoms with E-state index >= 15 is 0 Å². The highest BCUT2D eigenvalue weighted by molar-refractivity contribution is 5.94. The SMILES string of the molecule is CC(C)CC(C)N(C)C(=O)Cn1c2ccccc2c(=O)c2ccccc21. The summed E-state index contributed by atoms with van der Waals surface area (Å²) in [5, 5.41) is 1.30. The van der Waals surface area contributed by atoms with Crippen molar-refractivity contribution < 1.29 is 4.79 Å². The second-order valence-electron chi connectivity index (χ2n) is 7.43. The highest BCUT2D eigenvalue weighted by atomic mass is 16.2. The molecule has 26 heavy (non-hydrogen) atoms. The van der Waals surface area contributed by atoms with Gasteiger partial charge >= 0.3 is 0 Å². The van der Waals surface area contributed by atoms with E-state index in [1.165, 1.54) is 0 Å². The first-order chi connectivity index (χ1) is 12.4. The van der Waals surface area contributed by atoms with Gasteiger partial charge in [-0.05, 0) is 43.5 Å². The Bertz CT molecular complexity index is 944. The zero-order valence-electron chi connectivity index (χ0n) is 15.9. The number of carbonyl (C=O) groups is 1. The van der Waals surface area contributed by atoms with E-state index < -0.39 is 0 Å². The van der Waals surface area contributed by atoms with Crippen molar-refractivity contribution in [1.82, 2.24) is 9.47 Å². The minimum Gasteiger partial charge on any atom is -0.341 e. The van der Waals surface area contributed by atoms with E-state index in [2.05, 4.69) is 20.8 Å². The van der Waals surface area contributed by atoms with Crippen LogP contribution >= 0.6 is 0 Å². The first kappa shape index (κ1) is 18.2. The number of rotatable bonds is 5. The summed E-state index contributed by atoms with van der Waals surface area (Å²) in [6.07, 6.45) is 0.966. The van der Waals surface area contributed by atoms with Gasteiger partial charge in [0, 0.05) is 23.9 Å². The van der Waals surface area contributed by atoms with E-state index in [-0.39, 0.29) is 23.9 Å². The Hall–Kier alpha value is -2.62. The highest BCUT2D eigenvalue weighted by Gasteiger charge is 2.19. The maximum atomic E-state index is 12.9. The minimum absolute atomic E-state index is 0.0152. The van der Waals surface area contributed by atoms with Crippen LogP contribution in [-0.4, -0.2) is 28.5 Å². The lowest BCUT2D eigenvalue weighted by Crippen LogP contribution is -2.38. The maximum absolute atomic E-state index is 12.9. The van der Waals surface area contributed by atoms with Crippen LogP contribution in [-0.2, 0) is 11.3 Å². The molecular formula is C22H26N2O2. The van der Waals surface area contributed by atoms with Gasteiger partial charge in [0.2, 0.25) is 5.91 Å². The molecule has 1 unspecified atom stereocenters. The predicted octanol–water partition coefficient (Wildman–Crippen LogP) is 4.05. The van der Waals surface area contributed by atoms with Crippen LogP contribution in [0.15, 0.2) is 53.3 Å². The molecule has 0 N–H and O–H groups in total. The lowest BCUT2D eigenvalue weighted by Gasteiger charge is -2.27. The lowest BCUT2D eigenvalue weighted by molar-refractivity contribution is -0.132. The van der Waals surface area contributed by atoms with Crippen LogP contribution in [0, 0.1) is 5.92 Å². The highest BCUT2D eigenvalue weighted by Crippen LogP contribution is 2.20. The van der Waals surface area contributed by atoms with Crippen molar-refractivity contribution in [3.05, 3.63) is 58.8 Å². The van der Waals surface area contributed by atoms with Crippen molar-refractivity contribution in [3.63, 3.8) is 0 Å². The Balaban J connectivity index is 2.08. The first-order valence-corrected chi connectivity index (χ1v) is 9.16. The van der Waals surface area contributed by atoms with E-state index in [9.17, 15) is 9.59 Å².